The molecule has 1 aliphatic rings. The van der Waals surface area contributed by atoms with Crippen LogP contribution in [0.25, 0.3) is 0 Å². The molecular formula is C18H19ClN4O3. The van der Waals surface area contributed by atoms with Crippen molar-refractivity contribution in [2.24, 2.45) is 0 Å². The lowest BCUT2D eigenvalue weighted by Gasteiger charge is -2.14. The standard InChI is InChI=1S/C18H19ClN4O3/c19-13-6-5-11(10-17(24)22-16-7-8-20-23-16)9-15(13)21-14-4-2-1-3-12(14)18(25)26/h1-6,9,16,20-21,23H,7-8,10H2,(H,22,24)(H,25,26). The molecule has 0 aromatic heterocycles. The Kier molecular flexibility index (Phi) is 5.72. The average Bonchev–Trinajstić information content (AvgIpc) is 3.11. The molecule has 1 atom stereocenters. The predicted octanol–water partition coefficient (Wildman–Crippen LogP) is 2.26. The fourth-order valence-electron chi connectivity index (χ4n) is 2.72. The molecule has 2 aromatic carbocycles. The number of rotatable bonds is 6. The molecule has 1 amide bonds. The summed E-state index contributed by atoms with van der Waals surface area (Å²) >= 11 is 6.22. The number of hydrogen-bond donors (Lipinski definition) is 5. The summed E-state index contributed by atoms with van der Waals surface area (Å²) in [5, 5.41) is 15.7. The Hall–Kier alpha value is -2.61. The molecule has 0 spiro atoms. The van der Waals surface area contributed by atoms with Gasteiger partial charge in [0.2, 0.25) is 5.91 Å². The van der Waals surface area contributed by atoms with Gasteiger partial charge in [0.25, 0.3) is 0 Å². The highest BCUT2D eigenvalue weighted by molar-refractivity contribution is 6.33. The molecule has 0 radical (unpaired) electrons. The van der Waals surface area contributed by atoms with Crippen LogP contribution in [0.2, 0.25) is 5.02 Å². The number of anilines is 2. The van der Waals surface area contributed by atoms with Gasteiger partial charge in [-0.05, 0) is 36.2 Å². The molecule has 0 bridgehead atoms. The zero-order valence-corrected chi connectivity index (χ0v) is 14.6. The summed E-state index contributed by atoms with van der Waals surface area (Å²) in [6.45, 7) is 0.808. The van der Waals surface area contributed by atoms with Crippen LogP contribution in [0.15, 0.2) is 42.5 Å². The van der Waals surface area contributed by atoms with E-state index in [1.165, 1.54) is 6.07 Å². The Morgan fingerprint density at radius 2 is 2.00 bits per heavy atom. The number of carbonyl (C=O) groups excluding carboxylic acids is 1. The number of hydrazine groups is 1. The van der Waals surface area contributed by atoms with Crippen molar-refractivity contribution in [3.63, 3.8) is 0 Å². The van der Waals surface area contributed by atoms with Crippen LogP contribution in [0.3, 0.4) is 0 Å². The second-order valence-corrected chi connectivity index (χ2v) is 6.35. The largest absolute Gasteiger partial charge is 0.478 e. The maximum atomic E-state index is 12.2. The Morgan fingerprint density at radius 3 is 2.73 bits per heavy atom. The Balaban J connectivity index is 1.73. The van der Waals surface area contributed by atoms with E-state index < -0.39 is 5.97 Å². The monoisotopic (exact) mass is 374 g/mol. The lowest BCUT2D eigenvalue weighted by Crippen LogP contribution is -2.44. The highest BCUT2D eigenvalue weighted by Gasteiger charge is 2.16. The highest BCUT2D eigenvalue weighted by Crippen LogP contribution is 2.28. The minimum atomic E-state index is -1.03. The minimum absolute atomic E-state index is 0.0742. The van der Waals surface area contributed by atoms with Gasteiger partial charge in [0.15, 0.2) is 0 Å². The van der Waals surface area contributed by atoms with E-state index in [0.717, 1.165) is 18.5 Å². The first-order chi connectivity index (χ1) is 12.5. The van der Waals surface area contributed by atoms with E-state index >= 15 is 0 Å². The SMILES string of the molecule is O=C(Cc1ccc(Cl)c(Nc2ccccc2C(=O)O)c1)NC1CCNN1. The molecule has 1 aliphatic heterocycles. The van der Waals surface area contributed by atoms with E-state index in [2.05, 4.69) is 21.5 Å². The number of carbonyl (C=O) groups is 2. The van der Waals surface area contributed by atoms with Crippen LogP contribution in [0.4, 0.5) is 11.4 Å². The van der Waals surface area contributed by atoms with Crippen molar-refractivity contribution >= 4 is 34.9 Å². The van der Waals surface area contributed by atoms with Crippen LogP contribution in [-0.2, 0) is 11.2 Å². The molecule has 3 rings (SSSR count). The quantitative estimate of drug-likeness (QED) is 0.531. The van der Waals surface area contributed by atoms with Gasteiger partial charge in [-0.3, -0.25) is 10.2 Å². The molecule has 1 unspecified atom stereocenters. The van der Waals surface area contributed by atoms with Gasteiger partial charge < -0.3 is 15.7 Å². The first-order valence-corrected chi connectivity index (χ1v) is 8.56. The second-order valence-electron chi connectivity index (χ2n) is 5.95. The van der Waals surface area contributed by atoms with E-state index in [9.17, 15) is 14.7 Å². The molecule has 1 saturated heterocycles. The van der Waals surface area contributed by atoms with Crippen LogP contribution in [-0.4, -0.2) is 29.7 Å². The molecule has 7 nitrogen and oxygen atoms in total. The molecule has 26 heavy (non-hydrogen) atoms. The first kappa shape index (κ1) is 18.2. The molecular weight excluding hydrogens is 356 g/mol. The lowest BCUT2D eigenvalue weighted by atomic mass is 10.1. The van der Waals surface area contributed by atoms with Crippen molar-refractivity contribution < 1.29 is 14.7 Å². The van der Waals surface area contributed by atoms with Gasteiger partial charge in [-0.2, -0.15) is 0 Å². The minimum Gasteiger partial charge on any atom is -0.478 e. The summed E-state index contributed by atoms with van der Waals surface area (Å²) in [5.74, 6) is -1.14. The third kappa shape index (κ3) is 4.51. The third-order valence-electron chi connectivity index (χ3n) is 3.99. The van der Waals surface area contributed by atoms with E-state index in [4.69, 9.17) is 11.6 Å². The summed E-state index contributed by atoms with van der Waals surface area (Å²) in [4.78, 5) is 23.5. The number of aromatic carboxylic acids is 1. The smallest absolute Gasteiger partial charge is 0.337 e. The average molecular weight is 375 g/mol. The van der Waals surface area contributed by atoms with Crippen molar-refractivity contribution in [1.29, 1.82) is 0 Å². The predicted molar refractivity (Wildman–Crippen MR) is 99.5 cm³/mol. The number of halogens is 1. The van der Waals surface area contributed by atoms with Crippen LogP contribution in [0, 0.1) is 0 Å². The third-order valence-corrected chi connectivity index (χ3v) is 4.32. The van der Waals surface area contributed by atoms with Crippen LogP contribution in [0.5, 0.6) is 0 Å². The van der Waals surface area contributed by atoms with Gasteiger partial charge >= 0.3 is 5.97 Å². The highest BCUT2D eigenvalue weighted by atomic mass is 35.5. The van der Waals surface area contributed by atoms with Crippen LogP contribution in [0.1, 0.15) is 22.3 Å². The van der Waals surface area contributed by atoms with Crippen molar-refractivity contribution in [2.75, 3.05) is 11.9 Å². The fraction of sp³-hybridized carbons (Fsp3) is 0.222. The molecule has 136 valence electrons. The van der Waals surface area contributed by atoms with E-state index in [1.807, 2.05) is 0 Å². The van der Waals surface area contributed by atoms with Crippen LogP contribution < -0.4 is 21.5 Å². The van der Waals surface area contributed by atoms with Gasteiger partial charge in [0, 0.05) is 6.54 Å². The first-order valence-electron chi connectivity index (χ1n) is 8.18. The van der Waals surface area contributed by atoms with Gasteiger partial charge in [-0.15, -0.1) is 0 Å². The molecule has 0 aliphatic carbocycles. The molecule has 1 heterocycles. The maximum Gasteiger partial charge on any atom is 0.337 e. The maximum absolute atomic E-state index is 12.2. The zero-order valence-electron chi connectivity index (χ0n) is 13.9. The fourth-order valence-corrected chi connectivity index (χ4v) is 2.89. The summed E-state index contributed by atoms with van der Waals surface area (Å²) in [6.07, 6.45) is 0.949. The zero-order chi connectivity index (χ0) is 18.5. The molecule has 0 saturated carbocycles. The van der Waals surface area contributed by atoms with Crippen molar-refractivity contribution in [2.45, 2.75) is 19.0 Å². The number of carboxylic acid groups (broad SMARTS) is 1. The topological polar surface area (TPSA) is 102 Å². The van der Waals surface area contributed by atoms with E-state index in [-0.39, 0.29) is 24.1 Å². The van der Waals surface area contributed by atoms with Gasteiger partial charge in [0.05, 0.1) is 34.5 Å². The van der Waals surface area contributed by atoms with Crippen molar-refractivity contribution in [1.82, 2.24) is 16.2 Å². The van der Waals surface area contributed by atoms with E-state index in [1.54, 1.807) is 36.4 Å². The normalized spacial score (nSPS) is 16.3. The summed E-state index contributed by atoms with van der Waals surface area (Å²) in [6, 6.07) is 11.8. The van der Waals surface area contributed by atoms with Crippen molar-refractivity contribution in [3.05, 3.63) is 58.6 Å². The summed E-state index contributed by atoms with van der Waals surface area (Å²) < 4.78 is 0. The number of carboxylic acids is 1. The number of benzene rings is 2. The van der Waals surface area contributed by atoms with Crippen LogP contribution >= 0.6 is 11.6 Å². The second kappa shape index (κ2) is 8.18. The molecule has 8 heteroatoms. The molecule has 2 aromatic rings. The van der Waals surface area contributed by atoms with Gasteiger partial charge in [-0.1, -0.05) is 29.8 Å². The van der Waals surface area contributed by atoms with Gasteiger partial charge in [0.1, 0.15) is 0 Å². The Labute approximate surface area is 155 Å². The Morgan fingerprint density at radius 1 is 1.19 bits per heavy atom. The number of para-hydroxylation sites is 1. The molecule has 5 N–H and O–H groups in total. The summed E-state index contributed by atoms with van der Waals surface area (Å²) in [7, 11) is 0. The number of amides is 1. The number of nitrogens with one attached hydrogen (secondary N) is 4. The molecule has 1 fully saturated rings. The number of hydrogen-bond acceptors (Lipinski definition) is 5. The summed E-state index contributed by atoms with van der Waals surface area (Å²) in [5.41, 5.74) is 7.83. The Bertz CT molecular complexity index is 822. The lowest BCUT2D eigenvalue weighted by molar-refractivity contribution is -0.121. The van der Waals surface area contributed by atoms with Gasteiger partial charge in [-0.25, -0.2) is 10.2 Å². The van der Waals surface area contributed by atoms with Crippen molar-refractivity contribution in [3.8, 4) is 0 Å². The van der Waals surface area contributed by atoms with E-state index in [0.29, 0.717) is 16.4 Å².